The number of benzene rings is 2. The summed E-state index contributed by atoms with van der Waals surface area (Å²) in [5, 5.41) is 12.0. The number of nitrogens with one attached hydrogen (secondary N) is 1. The first-order chi connectivity index (χ1) is 12.0. The summed E-state index contributed by atoms with van der Waals surface area (Å²) in [6.07, 6.45) is 0. The maximum absolute atomic E-state index is 12.1. The second-order valence-electron chi connectivity index (χ2n) is 5.58. The normalized spacial score (nSPS) is 10.7. The molecule has 0 saturated carbocycles. The summed E-state index contributed by atoms with van der Waals surface area (Å²) in [6, 6.07) is 15.6. The van der Waals surface area contributed by atoms with Crippen molar-refractivity contribution >= 4 is 39.3 Å². The van der Waals surface area contributed by atoms with Gasteiger partial charge < -0.3 is 9.88 Å². The van der Waals surface area contributed by atoms with Crippen molar-refractivity contribution in [3.63, 3.8) is 0 Å². The van der Waals surface area contributed by atoms with E-state index in [4.69, 9.17) is 0 Å². The average molecular weight is 417 g/mol. The summed E-state index contributed by atoms with van der Waals surface area (Å²) in [7, 11) is 1.91. The van der Waals surface area contributed by atoms with E-state index in [0.29, 0.717) is 5.16 Å². The van der Waals surface area contributed by atoms with Crippen molar-refractivity contribution in [2.45, 2.75) is 12.1 Å². The van der Waals surface area contributed by atoms with Crippen molar-refractivity contribution in [2.24, 2.45) is 7.05 Å². The van der Waals surface area contributed by atoms with Gasteiger partial charge in [0.2, 0.25) is 5.91 Å². The molecule has 2 aromatic carbocycles. The predicted octanol–water partition coefficient (Wildman–Crippen LogP) is 4.28. The van der Waals surface area contributed by atoms with Gasteiger partial charge in [-0.05, 0) is 31.2 Å². The summed E-state index contributed by atoms with van der Waals surface area (Å²) in [4.78, 5) is 12.1. The summed E-state index contributed by atoms with van der Waals surface area (Å²) in [5.74, 6) is 0.980. The lowest BCUT2D eigenvalue weighted by Crippen LogP contribution is -2.14. The molecule has 0 aliphatic rings. The van der Waals surface area contributed by atoms with Gasteiger partial charge in [-0.2, -0.15) is 0 Å². The van der Waals surface area contributed by atoms with E-state index in [-0.39, 0.29) is 11.7 Å². The van der Waals surface area contributed by atoms with Crippen LogP contribution in [0, 0.1) is 6.92 Å². The molecular weight excluding hydrogens is 400 g/mol. The monoisotopic (exact) mass is 416 g/mol. The maximum atomic E-state index is 12.1. The van der Waals surface area contributed by atoms with Crippen LogP contribution in [0.2, 0.25) is 0 Å². The third-order valence-electron chi connectivity index (χ3n) is 3.55. The number of rotatable bonds is 5. The highest BCUT2D eigenvalue weighted by Gasteiger charge is 2.13. The lowest BCUT2D eigenvalue weighted by atomic mass is 10.1. The molecule has 0 fully saturated rings. The Labute approximate surface area is 159 Å². The third kappa shape index (κ3) is 4.49. The minimum atomic E-state index is -0.0804. The molecule has 1 amide bonds. The van der Waals surface area contributed by atoms with Gasteiger partial charge in [-0.1, -0.05) is 57.5 Å². The largest absolute Gasteiger partial charge is 0.325 e. The van der Waals surface area contributed by atoms with Crippen LogP contribution in [0.4, 0.5) is 5.69 Å². The van der Waals surface area contributed by atoms with E-state index in [1.165, 1.54) is 17.3 Å². The van der Waals surface area contributed by atoms with Crippen LogP contribution in [0.25, 0.3) is 11.4 Å². The molecule has 128 valence electrons. The third-order valence-corrected chi connectivity index (χ3v) is 5.07. The number of aryl methyl sites for hydroxylation is 1. The van der Waals surface area contributed by atoms with Gasteiger partial charge in [-0.15, -0.1) is 10.2 Å². The van der Waals surface area contributed by atoms with Gasteiger partial charge in [0, 0.05) is 22.8 Å². The zero-order valence-corrected chi connectivity index (χ0v) is 16.3. The van der Waals surface area contributed by atoms with Gasteiger partial charge in [-0.3, -0.25) is 4.79 Å². The van der Waals surface area contributed by atoms with Crippen LogP contribution < -0.4 is 5.32 Å². The topological polar surface area (TPSA) is 59.8 Å². The number of amides is 1. The van der Waals surface area contributed by atoms with E-state index < -0.39 is 0 Å². The van der Waals surface area contributed by atoms with E-state index in [9.17, 15) is 4.79 Å². The molecule has 0 saturated heterocycles. The van der Waals surface area contributed by atoms with Crippen LogP contribution in [0.15, 0.2) is 58.2 Å². The standard InChI is InChI=1S/C18H17BrN4OS/c1-12-5-3-6-13(9-12)17-21-22-18(23(17)2)25-11-16(24)20-15-8-4-7-14(19)10-15/h3-10H,11H2,1-2H3,(H,20,24). The smallest absolute Gasteiger partial charge is 0.234 e. The number of aromatic nitrogens is 3. The Bertz CT molecular complexity index is 910. The van der Waals surface area contributed by atoms with Crippen molar-refractivity contribution in [3.8, 4) is 11.4 Å². The van der Waals surface area contributed by atoms with Crippen molar-refractivity contribution in [1.29, 1.82) is 0 Å². The van der Waals surface area contributed by atoms with Gasteiger partial charge in [0.15, 0.2) is 11.0 Å². The molecule has 7 heteroatoms. The fourth-order valence-corrected chi connectivity index (χ4v) is 3.48. The van der Waals surface area contributed by atoms with Gasteiger partial charge in [0.25, 0.3) is 0 Å². The van der Waals surface area contributed by atoms with Crippen molar-refractivity contribution in [1.82, 2.24) is 14.8 Å². The van der Waals surface area contributed by atoms with Crippen LogP contribution >= 0.6 is 27.7 Å². The molecule has 0 aliphatic heterocycles. The molecule has 0 spiro atoms. The molecule has 0 atom stereocenters. The van der Waals surface area contributed by atoms with Crippen molar-refractivity contribution in [3.05, 3.63) is 58.6 Å². The number of hydrogen-bond donors (Lipinski definition) is 1. The first kappa shape index (κ1) is 17.7. The Hall–Kier alpha value is -2.12. The fraction of sp³-hybridized carbons (Fsp3) is 0.167. The molecule has 0 bridgehead atoms. The molecule has 1 aromatic heterocycles. The Morgan fingerprint density at radius 1 is 1.20 bits per heavy atom. The Balaban J connectivity index is 1.65. The van der Waals surface area contributed by atoms with E-state index in [1.807, 2.05) is 61.0 Å². The molecule has 1 N–H and O–H groups in total. The fourth-order valence-electron chi connectivity index (χ4n) is 2.37. The molecule has 25 heavy (non-hydrogen) atoms. The maximum Gasteiger partial charge on any atom is 0.234 e. The molecule has 3 rings (SSSR count). The minimum Gasteiger partial charge on any atom is -0.325 e. The van der Waals surface area contributed by atoms with Gasteiger partial charge in [-0.25, -0.2) is 0 Å². The van der Waals surface area contributed by atoms with Crippen LogP contribution in [0.1, 0.15) is 5.56 Å². The number of nitrogens with zero attached hydrogens (tertiary/aromatic N) is 3. The van der Waals surface area contributed by atoms with Gasteiger partial charge in [0.05, 0.1) is 5.75 Å². The summed E-state index contributed by atoms with van der Waals surface area (Å²) in [5.41, 5.74) is 2.95. The van der Waals surface area contributed by atoms with E-state index in [2.05, 4.69) is 37.5 Å². The lowest BCUT2D eigenvalue weighted by molar-refractivity contribution is -0.113. The average Bonchev–Trinajstić information content (AvgIpc) is 2.94. The highest BCUT2D eigenvalue weighted by atomic mass is 79.9. The molecule has 1 heterocycles. The Kier molecular flexibility index (Phi) is 5.55. The van der Waals surface area contributed by atoms with Gasteiger partial charge >= 0.3 is 0 Å². The number of anilines is 1. The van der Waals surface area contributed by atoms with Gasteiger partial charge in [0.1, 0.15) is 0 Å². The number of hydrogen-bond acceptors (Lipinski definition) is 4. The van der Waals surface area contributed by atoms with Crippen LogP contribution in [-0.4, -0.2) is 26.4 Å². The summed E-state index contributed by atoms with van der Waals surface area (Å²) < 4.78 is 2.83. The molecular formula is C18H17BrN4OS. The summed E-state index contributed by atoms with van der Waals surface area (Å²) in [6.45, 7) is 2.04. The highest BCUT2D eigenvalue weighted by Crippen LogP contribution is 2.23. The second-order valence-corrected chi connectivity index (χ2v) is 7.44. The van der Waals surface area contributed by atoms with Crippen LogP contribution in [0.5, 0.6) is 0 Å². The lowest BCUT2D eigenvalue weighted by Gasteiger charge is -2.06. The first-order valence-corrected chi connectivity index (χ1v) is 9.45. The quantitative estimate of drug-likeness (QED) is 0.630. The molecule has 0 aliphatic carbocycles. The second kappa shape index (κ2) is 7.84. The minimum absolute atomic E-state index is 0.0804. The van der Waals surface area contributed by atoms with Crippen molar-refractivity contribution < 1.29 is 4.79 Å². The first-order valence-electron chi connectivity index (χ1n) is 7.67. The van der Waals surface area contributed by atoms with E-state index in [1.54, 1.807) is 0 Å². The molecule has 5 nitrogen and oxygen atoms in total. The predicted molar refractivity (Wildman–Crippen MR) is 105 cm³/mol. The molecule has 0 radical (unpaired) electrons. The van der Waals surface area contributed by atoms with E-state index in [0.717, 1.165) is 21.5 Å². The number of thioether (sulfide) groups is 1. The molecule has 0 unspecified atom stereocenters. The highest BCUT2D eigenvalue weighted by molar-refractivity contribution is 9.10. The van der Waals surface area contributed by atoms with E-state index >= 15 is 0 Å². The van der Waals surface area contributed by atoms with Crippen molar-refractivity contribution in [2.75, 3.05) is 11.1 Å². The molecule has 3 aromatic rings. The summed E-state index contributed by atoms with van der Waals surface area (Å²) >= 11 is 4.75. The number of carbonyl (C=O) groups excluding carboxylic acids is 1. The Morgan fingerprint density at radius 3 is 2.76 bits per heavy atom. The zero-order valence-electron chi connectivity index (χ0n) is 13.9. The zero-order chi connectivity index (χ0) is 17.8. The van der Waals surface area contributed by atoms with Crippen LogP contribution in [-0.2, 0) is 11.8 Å². The SMILES string of the molecule is Cc1cccc(-c2nnc(SCC(=O)Nc3cccc(Br)c3)n2C)c1. The number of halogens is 1. The number of carbonyl (C=O) groups is 1. The van der Waals surface area contributed by atoms with Crippen LogP contribution in [0.3, 0.4) is 0 Å². The Morgan fingerprint density at radius 2 is 2.00 bits per heavy atom.